The molecule has 0 heterocycles. The largest absolute Gasteiger partial charge is 0.462 e. The van der Waals surface area contributed by atoms with Gasteiger partial charge in [0, 0.05) is 5.57 Å². The molecule has 4 heteroatoms. The number of esters is 2. The van der Waals surface area contributed by atoms with E-state index in [1.54, 1.807) is 13.8 Å². The molecule has 1 aromatic carbocycles. The van der Waals surface area contributed by atoms with Crippen LogP contribution >= 0.6 is 0 Å². The van der Waals surface area contributed by atoms with E-state index in [0.717, 1.165) is 12.0 Å². The summed E-state index contributed by atoms with van der Waals surface area (Å²) < 4.78 is 10.0. The molecule has 0 aliphatic heterocycles. The molecule has 0 amide bonds. The minimum Gasteiger partial charge on any atom is -0.462 e. The van der Waals surface area contributed by atoms with Gasteiger partial charge in [0.1, 0.15) is 13.2 Å². The van der Waals surface area contributed by atoms with Gasteiger partial charge in [-0.15, -0.1) is 0 Å². The summed E-state index contributed by atoms with van der Waals surface area (Å²) in [6, 6.07) is 8.02. The third-order valence-electron chi connectivity index (χ3n) is 3.39. The van der Waals surface area contributed by atoms with E-state index in [1.165, 1.54) is 5.56 Å². The molecule has 1 rings (SSSR count). The summed E-state index contributed by atoms with van der Waals surface area (Å²) in [7, 11) is 0. The van der Waals surface area contributed by atoms with Crippen molar-refractivity contribution in [2.24, 2.45) is 5.92 Å². The first-order valence-corrected chi connectivity index (χ1v) is 7.89. The molecule has 0 bridgehead atoms. The van der Waals surface area contributed by atoms with E-state index in [-0.39, 0.29) is 25.1 Å². The van der Waals surface area contributed by atoms with Gasteiger partial charge >= 0.3 is 11.9 Å². The Kier molecular flexibility index (Phi) is 7.52. The van der Waals surface area contributed by atoms with Crippen molar-refractivity contribution in [3.05, 3.63) is 47.5 Å². The highest BCUT2D eigenvalue weighted by Gasteiger charge is 2.17. The smallest absolute Gasteiger partial charge is 0.333 e. The van der Waals surface area contributed by atoms with Gasteiger partial charge < -0.3 is 9.47 Å². The number of carbonyl (C=O) groups excluding carboxylic acids is 2. The quantitative estimate of drug-likeness (QED) is 0.417. The van der Waals surface area contributed by atoms with E-state index < -0.39 is 5.97 Å². The molecule has 0 spiro atoms. The summed E-state index contributed by atoms with van der Waals surface area (Å²) in [5, 5.41) is 0. The van der Waals surface area contributed by atoms with Crippen LogP contribution in [0.5, 0.6) is 0 Å². The van der Waals surface area contributed by atoms with Crippen molar-refractivity contribution in [2.75, 3.05) is 13.2 Å². The first-order chi connectivity index (χ1) is 10.8. The number of hydrogen-bond donors (Lipinski definition) is 0. The van der Waals surface area contributed by atoms with Crippen molar-refractivity contribution in [1.82, 2.24) is 0 Å². The summed E-state index contributed by atoms with van der Waals surface area (Å²) in [4.78, 5) is 23.2. The second kappa shape index (κ2) is 9.13. The molecule has 0 aliphatic carbocycles. The second-order valence-electron chi connectivity index (χ2n) is 6.14. The van der Waals surface area contributed by atoms with E-state index in [1.807, 2.05) is 24.3 Å². The van der Waals surface area contributed by atoms with Crippen molar-refractivity contribution in [3.63, 3.8) is 0 Å². The number of carbonyl (C=O) groups is 2. The Labute approximate surface area is 138 Å². The van der Waals surface area contributed by atoms with Gasteiger partial charge in [-0.1, -0.05) is 44.7 Å². The summed E-state index contributed by atoms with van der Waals surface area (Å²) in [5.41, 5.74) is 2.50. The Morgan fingerprint density at radius 3 is 2.13 bits per heavy atom. The van der Waals surface area contributed by atoms with Crippen LogP contribution in [0.3, 0.4) is 0 Å². The number of hydrogen-bond acceptors (Lipinski definition) is 4. The topological polar surface area (TPSA) is 52.6 Å². The summed E-state index contributed by atoms with van der Waals surface area (Å²) in [6.45, 7) is 11.3. The minimum atomic E-state index is -0.477. The Hall–Kier alpha value is -2.10. The van der Waals surface area contributed by atoms with Crippen LogP contribution in [0.25, 0.3) is 0 Å². The molecule has 1 aromatic rings. The Morgan fingerprint density at radius 2 is 1.61 bits per heavy atom. The highest BCUT2D eigenvalue weighted by molar-refractivity contribution is 5.86. The lowest BCUT2D eigenvalue weighted by molar-refractivity contribution is -0.151. The van der Waals surface area contributed by atoms with Crippen molar-refractivity contribution in [3.8, 4) is 0 Å². The van der Waals surface area contributed by atoms with Gasteiger partial charge in [0.15, 0.2) is 0 Å². The van der Waals surface area contributed by atoms with Gasteiger partial charge in [-0.25, -0.2) is 4.79 Å². The van der Waals surface area contributed by atoms with E-state index in [4.69, 9.17) is 9.47 Å². The molecule has 1 unspecified atom stereocenters. The molecule has 0 fully saturated rings. The maximum Gasteiger partial charge on any atom is 0.333 e. The zero-order valence-electron chi connectivity index (χ0n) is 14.4. The minimum absolute atomic E-state index is 0.0392. The summed E-state index contributed by atoms with van der Waals surface area (Å²) in [5.74, 6) is -0.548. The van der Waals surface area contributed by atoms with Crippen LogP contribution in [0.1, 0.15) is 44.7 Å². The van der Waals surface area contributed by atoms with Crippen molar-refractivity contribution in [1.29, 1.82) is 0 Å². The van der Waals surface area contributed by atoms with Crippen molar-refractivity contribution >= 4 is 11.9 Å². The van der Waals surface area contributed by atoms with Gasteiger partial charge in [-0.2, -0.15) is 0 Å². The molecular formula is C19H26O4. The summed E-state index contributed by atoms with van der Waals surface area (Å²) >= 11 is 0. The molecule has 0 saturated heterocycles. The molecule has 0 N–H and O–H groups in total. The SMILES string of the molecule is C=C(C)C(=O)OCCOC(=O)C(C)c1ccc(CC(C)C)cc1. The van der Waals surface area contributed by atoms with Crippen molar-refractivity contribution in [2.45, 2.75) is 40.0 Å². The Bertz CT molecular complexity index is 543. The Morgan fingerprint density at radius 1 is 1.04 bits per heavy atom. The van der Waals surface area contributed by atoms with E-state index >= 15 is 0 Å². The van der Waals surface area contributed by atoms with E-state index in [2.05, 4.69) is 20.4 Å². The van der Waals surface area contributed by atoms with Gasteiger partial charge in [0.05, 0.1) is 5.92 Å². The van der Waals surface area contributed by atoms with E-state index in [0.29, 0.717) is 11.5 Å². The van der Waals surface area contributed by atoms with Gasteiger partial charge in [0.25, 0.3) is 0 Å². The van der Waals surface area contributed by atoms with Crippen molar-refractivity contribution < 1.29 is 19.1 Å². The third-order valence-corrected chi connectivity index (χ3v) is 3.39. The molecule has 4 nitrogen and oxygen atoms in total. The molecule has 0 aromatic heterocycles. The Balaban J connectivity index is 2.44. The fourth-order valence-electron chi connectivity index (χ4n) is 2.07. The summed E-state index contributed by atoms with van der Waals surface area (Å²) in [6.07, 6.45) is 1.02. The van der Waals surface area contributed by atoms with Gasteiger partial charge in [-0.05, 0) is 37.3 Å². The number of ether oxygens (including phenoxy) is 2. The average Bonchev–Trinajstić information content (AvgIpc) is 2.50. The van der Waals surface area contributed by atoms with Crippen LogP contribution in [0.4, 0.5) is 0 Å². The van der Waals surface area contributed by atoms with Gasteiger partial charge in [0.2, 0.25) is 0 Å². The molecule has 126 valence electrons. The predicted octanol–water partition coefficient (Wildman–Crippen LogP) is 3.65. The van der Waals surface area contributed by atoms with Crippen LogP contribution in [-0.2, 0) is 25.5 Å². The van der Waals surface area contributed by atoms with Crippen LogP contribution in [0.15, 0.2) is 36.4 Å². The monoisotopic (exact) mass is 318 g/mol. The average molecular weight is 318 g/mol. The van der Waals surface area contributed by atoms with Crippen LogP contribution in [0, 0.1) is 5.92 Å². The molecule has 23 heavy (non-hydrogen) atoms. The zero-order chi connectivity index (χ0) is 17.4. The predicted molar refractivity (Wildman–Crippen MR) is 90.1 cm³/mol. The lowest BCUT2D eigenvalue weighted by atomic mass is 9.97. The van der Waals surface area contributed by atoms with E-state index in [9.17, 15) is 9.59 Å². The second-order valence-corrected chi connectivity index (χ2v) is 6.14. The highest BCUT2D eigenvalue weighted by Crippen LogP contribution is 2.18. The first-order valence-electron chi connectivity index (χ1n) is 7.89. The zero-order valence-corrected chi connectivity index (χ0v) is 14.4. The number of rotatable bonds is 8. The standard InChI is InChI=1S/C19H26O4/c1-13(2)12-16-6-8-17(9-7-16)15(5)19(21)23-11-10-22-18(20)14(3)4/h6-9,13,15H,3,10-12H2,1-2,4-5H3. The molecule has 0 saturated carbocycles. The van der Waals surface area contributed by atoms with Crippen LogP contribution < -0.4 is 0 Å². The number of benzene rings is 1. The fraction of sp³-hybridized carbons (Fsp3) is 0.474. The maximum atomic E-state index is 12.0. The maximum absolute atomic E-state index is 12.0. The molecule has 0 radical (unpaired) electrons. The molecular weight excluding hydrogens is 292 g/mol. The lowest BCUT2D eigenvalue weighted by Gasteiger charge is -2.13. The highest BCUT2D eigenvalue weighted by atomic mass is 16.6. The third kappa shape index (κ3) is 6.68. The molecule has 1 atom stereocenters. The van der Waals surface area contributed by atoms with Gasteiger partial charge in [-0.3, -0.25) is 4.79 Å². The fourth-order valence-corrected chi connectivity index (χ4v) is 2.07. The normalized spacial score (nSPS) is 11.9. The van der Waals surface area contributed by atoms with Crippen LogP contribution in [-0.4, -0.2) is 25.2 Å². The molecule has 0 aliphatic rings. The van der Waals surface area contributed by atoms with Crippen LogP contribution in [0.2, 0.25) is 0 Å². The lowest BCUT2D eigenvalue weighted by Crippen LogP contribution is -2.18. The first kappa shape index (κ1) is 18.9.